The quantitative estimate of drug-likeness (QED) is 0.910. The average molecular weight is 276 g/mol. The first-order valence-corrected chi connectivity index (χ1v) is 7.67. The highest BCUT2D eigenvalue weighted by atomic mass is 19.1. The van der Waals surface area contributed by atoms with Crippen LogP contribution in [0.4, 0.5) is 4.39 Å². The molecule has 1 unspecified atom stereocenters. The molecule has 2 fully saturated rings. The highest BCUT2D eigenvalue weighted by molar-refractivity contribution is 5.31. The van der Waals surface area contributed by atoms with E-state index in [0.717, 1.165) is 17.2 Å². The Kier molecular flexibility index (Phi) is 3.16. The van der Waals surface area contributed by atoms with Crippen molar-refractivity contribution in [2.45, 2.75) is 52.1 Å². The third-order valence-corrected chi connectivity index (χ3v) is 5.34. The summed E-state index contributed by atoms with van der Waals surface area (Å²) in [4.78, 5) is 4.54. The van der Waals surface area contributed by atoms with Gasteiger partial charge in [0.25, 0.3) is 0 Å². The van der Waals surface area contributed by atoms with Gasteiger partial charge in [-0.25, -0.2) is 4.39 Å². The van der Waals surface area contributed by atoms with E-state index in [1.54, 1.807) is 20.0 Å². The van der Waals surface area contributed by atoms with Crippen LogP contribution in [-0.4, -0.2) is 18.1 Å². The van der Waals surface area contributed by atoms with Gasteiger partial charge < -0.3 is 5.32 Å². The minimum Gasteiger partial charge on any atom is -0.316 e. The molecule has 1 aromatic rings. The number of nitrogens with one attached hydrogen (secondary N) is 1. The molecule has 1 spiro atoms. The van der Waals surface area contributed by atoms with Crippen molar-refractivity contribution < 1.29 is 4.39 Å². The van der Waals surface area contributed by atoms with E-state index >= 15 is 0 Å². The molecule has 1 aromatic heterocycles. The lowest BCUT2D eigenvalue weighted by molar-refractivity contribution is -0.0105. The van der Waals surface area contributed by atoms with Gasteiger partial charge in [-0.15, -0.1) is 0 Å². The van der Waals surface area contributed by atoms with E-state index in [0.29, 0.717) is 16.9 Å². The molecule has 0 amide bonds. The molecule has 0 radical (unpaired) electrons. The molecule has 1 atom stereocenters. The van der Waals surface area contributed by atoms with Crippen molar-refractivity contribution in [1.82, 2.24) is 10.3 Å². The zero-order valence-electron chi connectivity index (χ0n) is 13.0. The maximum atomic E-state index is 14.1. The van der Waals surface area contributed by atoms with E-state index < -0.39 is 5.67 Å². The minimum absolute atomic E-state index is 0.483. The zero-order chi connectivity index (χ0) is 14.5. The molecule has 1 saturated carbocycles. The van der Waals surface area contributed by atoms with E-state index in [-0.39, 0.29) is 0 Å². The van der Waals surface area contributed by atoms with Crippen LogP contribution in [0.3, 0.4) is 0 Å². The lowest BCUT2D eigenvalue weighted by Gasteiger charge is -2.56. The summed E-state index contributed by atoms with van der Waals surface area (Å²) in [5.74, 6) is 1.23. The molecular weight excluding hydrogens is 251 g/mol. The second-order valence-corrected chi connectivity index (χ2v) is 7.46. The Bertz CT molecular complexity index is 506. The summed E-state index contributed by atoms with van der Waals surface area (Å²) in [6, 6.07) is 2.09. The first-order chi connectivity index (χ1) is 9.31. The molecule has 0 aromatic carbocycles. The maximum absolute atomic E-state index is 14.1. The Hall–Kier alpha value is -0.960. The Labute approximate surface area is 121 Å². The molecule has 20 heavy (non-hydrogen) atoms. The highest BCUT2D eigenvalue weighted by Crippen LogP contribution is 2.53. The molecule has 1 aliphatic carbocycles. The zero-order valence-corrected chi connectivity index (χ0v) is 13.0. The standard InChI is InChI=1S/C17H25FN2/c1-11-5-15(20-8-14(11)16(3,4)18)12(2)13-6-17(7-13)9-19-10-17/h5,8,12-13,19H,6-7,9-10H2,1-4H3. The highest BCUT2D eigenvalue weighted by Gasteiger charge is 2.50. The van der Waals surface area contributed by atoms with Gasteiger partial charge in [-0.05, 0) is 56.6 Å². The third kappa shape index (κ3) is 2.26. The minimum atomic E-state index is -1.31. The van der Waals surface area contributed by atoms with Crippen molar-refractivity contribution in [3.63, 3.8) is 0 Å². The number of rotatable bonds is 3. The predicted molar refractivity (Wildman–Crippen MR) is 79.5 cm³/mol. The van der Waals surface area contributed by atoms with Crippen LogP contribution in [-0.2, 0) is 5.67 Å². The topological polar surface area (TPSA) is 24.9 Å². The van der Waals surface area contributed by atoms with Gasteiger partial charge in [0, 0.05) is 36.5 Å². The Balaban J connectivity index is 1.73. The molecule has 2 nitrogen and oxygen atoms in total. The van der Waals surface area contributed by atoms with Crippen molar-refractivity contribution >= 4 is 0 Å². The van der Waals surface area contributed by atoms with Crippen LogP contribution in [0.5, 0.6) is 0 Å². The number of nitrogens with zero attached hydrogens (tertiary/aromatic N) is 1. The van der Waals surface area contributed by atoms with Crippen LogP contribution in [0.15, 0.2) is 12.3 Å². The van der Waals surface area contributed by atoms with E-state index in [1.165, 1.54) is 25.9 Å². The van der Waals surface area contributed by atoms with Gasteiger partial charge in [-0.1, -0.05) is 6.92 Å². The fourth-order valence-corrected chi connectivity index (χ4v) is 3.86. The second kappa shape index (κ2) is 4.52. The molecule has 3 heteroatoms. The Morgan fingerprint density at radius 2 is 2.05 bits per heavy atom. The summed E-state index contributed by atoms with van der Waals surface area (Å²) in [6.45, 7) is 9.84. The van der Waals surface area contributed by atoms with E-state index in [1.807, 2.05) is 6.92 Å². The number of aromatic nitrogens is 1. The van der Waals surface area contributed by atoms with Gasteiger partial charge in [0.15, 0.2) is 0 Å². The van der Waals surface area contributed by atoms with Crippen molar-refractivity contribution in [2.24, 2.45) is 11.3 Å². The van der Waals surface area contributed by atoms with E-state index in [4.69, 9.17) is 0 Å². The first kappa shape index (κ1) is 14.0. The van der Waals surface area contributed by atoms with Crippen LogP contribution in [0, 0.1) is 18.3 Å². The SMILES string of the molecule is Cc1cc(C(C)C2CC3(CNC3)C2)ncc1C(C)(C)F. The molecule has 1 N–H and O–H groups in total. The fourth-order valence-electron chi connectivity index (χ4n) is 3.86. The van der Waals surface area contributed by atoms with Crippen LogP contribution >= 0.6 is 0 Å². The van der Waals surface area contributed by atoms with Crippen LogP contribution in [0.2, 0.25) is 0 Å². The van der Waals surface area contributed by atoms with Crippen molar-refractivity contribution in [1.29, 1.82) is 0 Å². The maximum Gasteiger partial charge on any atom is 0.132 e. The summed E-state index contributed by atoms with van der Waals surface area (Å²) in [7, 11) is 0. The van der Waals surface area contributed by atoms with Gasteiger partial charge in [0.05, 0.1) is 0 Å². The average Bonchev–Trinajstić information content (AvgIpc) is 2.22. The van der Waals surface area contributed by atoms with E-state index in [2.05, 4.69) is 23.3 Å². The number of hydrogen-bond donors (Lipinski definition) is 1. The summed E-state index contributed by atoms with van der Waals surface area (Å²) >= 11 is 0. The number of hydrogen-bond acceptors (Lipinski definition) is 2. The number of pyridine rings is 1. The number of aryl methyl sites for hydroxylation is 1. The van der Waals surface area contributed by atoms with Crippen molar-refractivity contribution in [2.75, 3.05) is 13.1 Å². The summed E-state index contributed by atoms with van der Waals surface area (Å²) in [6.07, 6.45) is 4.37. The molecule has 2 aliphatic rings. The van der Waals surface area contributed by atoms with Crippen LogP contribution in [0.1, 0.15) is 56.4 Å². The monoisotopic (exact) mass is 276 g/mol. The van der Waals surface area contributed by atoms with Crippen LogP contribution < -0.4 is 5.32 Å². The summed E-state index contributed by atoms with van der Waals surface area (Å²) in [5.41, 5.74) is 2.16. The van der Waals surface area contributed by atoms with Crippen molar-refractivity contribution in [3.05, 3.63) is 29.1 Å². The third-order valence-electron chi connectivity index (χ3n) is 5.34. The van der Waals surface area contributed by atoms with Gasteiger partial charge in [-0.2, -0.15) is 0 Å². The van der Waals surface area contributed by atoms with Crippen LogP contribution in [0.25, 0.3) is 0 Å². The Morgan fingerprint density at radius 1 is 1.40 bits per heavy atom. The second-order valence-electron chi connectivity index (χ2n) is 7.46. The largest absolute Gasteiger partial charge is 0.316 e. The lowest BCUT2D eigenvalue weighted by Crippen LogP contribution is -2.60. The Morgan fingerprint density at radius 3 is 2.50 bits per heavy atom. The normalized spacial score (nSPS) is 23.2. The molecule has 1 saturated heterocycles. The summed E-state index contributed by atoms with van der Waals surface area (Å²) < 4.78 is 14.1. The van der Waals surface area contributed by atoms with Gasteiger partial charge in [-0.3, -0.25) is 4.98 Å². The van der Waals surface area contributed by atoms with Gasteiger partial charge in [0.1, 0.15) is 5.67 Å². The van der Waals surface area contributed by atoms with Gasteiger partial charge >= 0.3 is 0 Å². The summed E-state index contributed by atoms with van der Waals surface area (Å²) in [5, 5.41) is 3.38. The fraction of sp³-hybridized carbons (Fsp3) is 0.706. The number of halogens is 1. The molecule has 1 aliphatic heterocycles. The first-order valence-electron chi connectivity index (χ1n) is 7.67. The lowest BCUT2D eigenvalue weighted by atomic mass is 9.55. The number of alkyl halides is 1. The predicted octanol–water partition coefficient (Wildman–Crippen LogP) is 3.70. The molecule has 3 rings (SSSR count). The van der Waals surface area contributed by atoms with Crippen molar-refractivity contribution in [3.8, 4) is 0 Å². The van der Waals surface area contributed by atoms with E-state index in [9.17, 15) is 4.39 Å². The molecule has 2 heterocycles. The smallest absolute Gasteiger partial charge is 0.132 e. The molecule has 0 bridgehead atoms. The molecular formula is C17H25FN2. The molecule has 110 valence electrons. The van der Waals surface area contributed by atoms with Gasteiger partial charge in [0.2, 0.25) is 0 Å².